The number of ketones is 2. The van der Waals surface area contributed by atoms with Gasteiger partial charge in [-0.3, -0.25) is 14.4 Å². The molecule has 5 rings (SSSR count). The summed E-state index contributed by atoms with van der Waals surface area (Å²) in [5.41, 5.74) is 5.18. The Labute approximate surface area is 202 Å². The third-order valence-corrected chi connectivity index (χ3v) is 8.69. The zero-order chi connectivity index (χ0) is 25.8. The summed E-state index contributed by atoms with van der Waals surface area (Å²) in [6.45, 7) is 7.74. The second kappa shape index (κ2) is 6.74. The maximum Gasteiger partial charge on any atom is 0.255 e. The third-order valence-electron chi connectivity index (χ3n) is 8.69. The van der Waals surface area contributed by atoms with Gasteiger partial charge in [0, 0.05) is 42.6 Å². The van der Waals surface area contributed by atoms with Gasteiger partial charge in [-0.1, -0.05) is 27.7 Å². The minimum absolute atomic E-state index is 0.0204. The Morgan fingerprint density at radius 3 is 2.46 bits per heavy atom. The van der Waals surface area contributed by atoms with Crippen LogP contribution in [0.4, 0.5) is 5.69 Å². The first-order valence-electron chi connectivity index (χ1n) is 11.5. The maximum atomic E-state index is 14.2. The van der Waals surface area contributed by atoms with Crippen LogP contribution in [-0.2, 0) is 15.0 Å². The van der Waals surface area contributed by atoms with Crippen molar-refractivity contribution in [3.05, 3.63) is 46.3 Å². The van der Waals surface area contributed by atoms with E-state index in [1.54, 1.807) is 6.92 Å². The predicted octanol–water partition coefficient (Wildman–Crippen LogP) is 3.48. The number of fused-ring (bicyclic) bond motifs is 5. The fourth-order valence-electron chi connectivity index (χ4n) is 6.87. The summed E-state index contributed by atoms with van der Waals surface area (Å²) < 4.78 is 5.65. The quantitative estimate of drug-likeness (QED) is 0.555. The Hall–Kier alpha value is -3.62. The van der Waals surface area contributed by atoms with E-state index in [1.807, 2.05) is 45.8 Å². The molecule has 0 bridgehead atoms. The van der Waals surface area contributed by atoms with Crippen LogP contribution in [0, 0.1) is 16.7 Å². The lowest BCUT2D eigenvalue weighted by molar-refractivity contribution is -0.130. The van der Waals surface area contributed by atoms with Crippen molar-refractivity contribution in [3.63, 3.8) is 0 Å². The molecule has 3 aliphatic carbocycles. The lowest BCUT2D eigenvalue weighted by atomic mass is 9.44. The molecule has 0 saturated heterocycles. The molecule has 1 aromatic heterocycles. The van der Waals surface area contributed by atoms with Crippen molar-refractivity contribution in [2.75, 3.05) is 19.0 Å². The standard InChI is InChI=1S/C26H29N3O6/c1-24(2)16-12(29(5)6)7-11-22(35-10-28-11)15(16)20(32)18-21(33)17-19(31)14(23(27)34)13(30)8-25(17,3)9-26(18,24)4/h7,10,17,30,33H,8-9H2,1-6H3,(H2,27,34)/t17?,25-,26+/m1/s1. The van der Waals surface area contributed by atoms with Crippen molar-refractivity contribution in [2.45, 2.75) is 46.0 Å². The summed E-state index contributed by atoms with van der Waals surface area (Å²) in [5, 5.41) is 22.2. The van der Waals surface area contributed by atoms with Crippen LogP contribution < -0.4 is 10.6 Å². The van der Waals surface area contributed by atoms with Crippen LogP contribution in [0.15, 0.2) is 39.5 Å². The van der Waals surface area contributed by atoms with Gasteiger partial charge in [-0.2, -0.15) is 0 Å². The number of nitrogens with zero attached hydrogens (tertiary/aromatic N) is 2. The number of rotatable bonds is 2. The summed E-state index contributed by atoms with van der Waals surface area (Å²) in [6, 6.07) is 1.88. The first-order valence-corrected chi connectivity index (χ1v) is 11.5. The van der Waals surface area contributed by atoms with Crippen LogP contribution in [0.5, 0.6) is 0 Å². The molecule has 1 aromatic carbocycles. The lowest BCUT2D eigenvalue weighted by Gasteiger charge is -2.58. The zero-order valence-corrected chi connectivity index (χ0v) is 20.6. The van der Waals surface area contributed by atoms with E-state index in [0.29, 0.717) is 23.1 Å². The highest BCUT2D eigenvalue weighted by Crippen LogP contribution is 2.66. The second-order valence-electron chi connectivity index (χ2n) is 11.3. The molecule has 2 aromatic rings. The summed E-state index contributed by atoms with van der Waals surface area (Å²) >= 11 is 0. The van der Waals surface area contributed by atoms with Crippen LogP contribution in [-0.4, -0.2) is 46.8 Å². The van der Waals surface area contributed by atoms with Gasteiger partial charge in [0.2, 0.25) is 0 Å². The maximum absolute atomic E-state index is 14.2. The van der Waals surface area contributed by atoms with Crippen LogP contribution in [0.25, 0.3) is 11.1 Å². The molecule has 0 spiro atoms. The Balaban J connectivity index is 1.87. The molecular weight excluding hydrogens is 450 g/mol. The molecule has 3 atom stereocenters. The zero-order valence-electron chi connectivity index (χ0n) is 20.6. The van der Waals surface area contributed by atoms with Crippen molar-refractivity contribution < 1.29 is 29.0 Å². The molecule has 0 radical (unpaired) electrons. The molecule has 1 amide bonds. The fraction of sp³-hybridized carbons (Fsp3) is 0.462. The van der Waals surface area contributed by atoms with Gasteiger partial charge in [-0.25, -0.2) is 4.98 Å². The number of hydrogen-bond donors (Lipinski definition) is 3. The number of Topliss-reactive ketones (excluding diaryl/α,β-unsaturated/α-hetero) is 2. The van der Waals surface area contributed by atoms with E-state index in [9.17, 15) is 24.6 Å². The molecule has 0 saturated carbocycles. The van der Waals surface area contributed by atoms with Crippen molar-refractivity contribution in [1.82, 2.24) is 4.98 Å². The molecule has 9 heteroatoms. The molecule has 35 heavy (non-hydrogen) atoms. The molecule has 3 aliphatic rings. The highest BCUT2D eigenvalue weighted by atomic mass is 16.3. The highest BCUT2D eigenvalue weighted by molar-refractivity contribution is 6.23. The molecule has 1 unspecified atom stereocenters. The van der Waals surface area contributed by atoms with Gasteiger partial charge in [0.25, 0.3) is 5.91 Å². The number of amides is 1. The van der Waals surface area contributed by atoms with Gasteiger partial charge in [0.05, 0.1) is 11.5 Å². The smallest absolute Gasteiger partial charge is 0.255 e. The third kappa shape index (κ3) is 2.63. The first kappa shape index (κ1) is 23.1. The van der Waals surface area contributed by atoms with Gasteiger partial charge in [0.1, 0.15) is 22.6 Å². The number of carbonyl (C=O) groups is 3. The molecule has 4 N–H and O–H groups in total. The molecule has 0 fully saturated rings. The van der Waals surface area contributed by atoms with E-state index in [2.05, 4.69) is 4.98 Å². The summed E-state index contributed by atoms with van der Waals surface area (Å²) in [4.78, 5) is 45.7. The predicted molar refractivity (Wildman–Crippen MR) is 128 cm³/mol. The molecule has 184 valence electrons. The van der Waals surface area contributed by atoms with E-state index >= 15 is 0 Å². The number of anilines is 1. The monoisotopic (exact) mass is 479 g/mol. The number of benzene rings is 1. The van der Waals surface area contributed by atoms with Gasteiger partial charge in [0.15, 0.2) is 23.5 Å². The van der Waals surface area contributed by atoms with Crippen molar-refractivity contribution in [2.24, 2.45) is 22.5 Å². The molecule has 9 nitrogen and oxygen atoms in total. The van der Waals surface area contributed by atoms with Gasteiger partial charge in [-0.05, 0) is 23.5 Å². The molecular formula is C26H29N3O6. The van der Waals surface area contributed by atoms with Crippen LogP contribution in [0.3, 0.4) is 0 Å². The van der Waals surface area contributed by atoms with E-state index < -0.39 is 45.2 Å². The molecule has 1 heterocycles. The second-order valence-corrected chi connectivity index (χ2v) is 11.3. The van der Waals surface area contributed by atoms with E-state index in [1.165, 1.54) is 6.39 Å². The fourth-order valence-corrected chi connectivity index (χ4v) is 6.87. The number of aliphatic hydroxyl groups is 2. The van der Waals surface area contributed by atoms with Gasteiger partial charge in [-0.15, -0.1) is 0 Å². The van der Waals surface area contributed by atoms with Crippen molar-refractivity contribution in [1.29, 1.82) is 0 Å². The van der Waals surface area contributed by atoms with Crippen LogP contribution in [0.1, 0.15) is 56.5 Å². The first-order chi connectivity index (χ1) is 16.2. The Morgan fingerprint density at radius 1 is 1.20 bits per heavy atom. The largest absolute Gasteiger partial charge is 0.511 e. The lowest BCUT2D eigenvalue weighted by Crippen LogP contribution is -2.57. The summed E-state index contributed by atoms with van der Waals surface area (Å²) in [7, 11) is 3.78. The number of oxazole rings is 1. The minimum Gasteiger partial charge on any atom is -0.511 e. The van der Waals surface area contributed by atoms with Gasteiger partial charge >= 0.3 is 0 Å². The van der Waals surface area contributed by atoms with Gasteiger partial charge < -0.3 is 25.3 Å². The van der Waals surface area contributed by atoms with Crippen molar-refractivity contribution in [3.8, 4) is 0 Å². The number of carbonyl (C=O) groups excluding carboxylic acids is 3. The minimum atomic E-state index is -1.17. The Bertz CT molecular complexity index is 1430. The summed E-state index contributed by atoms with van der Waals surface area (Å²) in [6.07, 6.45) is 1.57. The van der Waals surface area contributed by atoms with Crippen LogP contribution >= 0.6 is 0 Å². The highest BCUT2D eigenvalue weighted by Gasteiger charge is 2.64. The average molecular weight is 480 g/mol. The Morgan fingerprint density at radius 2 is 1.86 bits per heavy atom. The molecule has 0 aliphatic heterocycles. The number of aliphatic hydroxyl groups excluding tert-OH is 2. The number of nitrogens with two attached hydrogens (primary N) is 1. The Kier molecular flexibility index (Phi) is 4.45. The van der Waals surface area contributed by atoms with E-state index in [-0.39, 0.29) is 23.5 Å². The number of hydrogen-bond acceptors (Lipinski definition) is 8. The number of primary amides is 1. The SMILES string of the molecule is CN(C)c1cc2ncoc2c2c1C(C)(C)[C@@]1(C)C[C@@]3(C)CC(O)=C(C(N)=O)C(=O)C3C(O)=C1C2=O. The summed E-state index contributed by atoms with van der Waals surface area (Å²) in [5.74, 6) is -4.17. The van der Waals surface area contributed by atoms with E-state index in [4.69, 9.17) is 10.2 Å². The topological polar surface area (TPSA) is 147 Å². The van der Waals surface area contributed by atoms with Crippen molar-refractivity contribution >= 4 is 34.3 Å². The van der Waals surface area contributed by atoms with Crippen LogP contribution in [0.2, 0.25) is 0 Å². The van der Waals surface area contributed by atoms with E-state index in [0.717, 1.165) is 11.3 Å². The normalized spacial score (nSPS) is 29.7. The number of allylic oxidation sites excluding steroid dienone is 3. The average Bonchev–Trinajstić information content (AvgIpc) is 3.18. The number of aromatic nitrogens is 1.